The van der Waals surface area contributed by atoms with Crippen LogP contribution in [0.5, 0.6) is 0 Å². The van der Waals surface area contributed by atoms with Crippen LogP contribution in [-0.4, -0.2) is 102 Å². The molecule has 15 heterocycles. The molecule has 0 saturated heterocycles. The van der Waals surface area contributed by atoms with Gasteiger partial charge in [-0.1, -0.05) is 152 Å². The van der Waals surface area contributed by atoms with Crippen LogP contribution >= 0.6 is 0 Å². The van der Waals surface area contributed by atoms with Gasteiger partial charge in [0.2, 0.25) is 0 Å². The van der Waals surface area contributed by atoms with Crippen molar-refractivity contribution >= 4 is 196 Å². The molecule has 23 nitrogen and oxygen atoms in total. The molecule has 5 atom stereocenters. The molecule has 133 heavy (non-hydrogen) atoms. The van der Waals surface area contributed by atoms with Crippen molar-refractivity contribution in [1.82, 2.24) is 39.9 Å². The lowest BCUT2D eigenvalue weighted by atomic mass is 10.1. The van der Waals surface area contributed by atoms with Crippen molar-refractivity contribution in [3.05, 3.63) is 284 Å². The van der Waals surface area contributed by atoms with Gasteiger partial charge >= 0.3 is 0 Å². The fourth-order valence-corrected chi connectivity index (χ4v) is 20.7. The van der Waals surface area contributed by atoms with Crippen LogP contribution in [0.3, 0.4) is 0 Å². The molecule has 25 rings (SSSR count). The first-order chi connectivity index (χ1) is 65.7. The average Bonchev–Trinajstić information content (AvgIpc) is 1.60. The van der Waals surface area contributed by atoms with Gasteiger partial charge in [0.05, 0.1) is 45.3 Å². The molecule has 668 valence electrons. The van der Waals surface area contributed by atoms with E-state index in [9.17, 15) is 0 Å². The Morgan fingerprint density at radius 2 is 0.451 bits per heavy atom. The van der Waals surface area contributed by atoms with Gasteiger partial charge in [-0.2, -0.15) is 0 Å². The number of benzene rings is 10. The van der Waals surface area contributed by atoms with Crippen molar-refractivity contribution < 1.29 is 27.6 Å². The molecule has 0 amide bonds. The van der Waals surface area contributed by atoms with Gasteiger partial charge in [0.1, 0.15) is 58.7 Å². The number of furan rings is 5. The topological polar surface area (TPSA) is 201 Å². The van der Waals surface area contributed by atoms with E-state index in [-0.39, 0.29) is 30.8 Å². The second kappa shape index (κ2) is 33.3. The van der Waals surface area contributed by atoms with Crippen LogP contribution in [0.2, 0.25) is 0 Å². The summed E-state index contributed by atoms with van der Waals surface area (Å²) in [6.45, 7) is 36.2. The molecule has 23 heteroatoms. The van der Waals surface area contributed by atoms with Crippen LogP contribution in [0.4, 0.5) is 86.4 Å². The van der Waals surface area contributed by atoms with E-state index >= 15 is 0 Å². The second-order valence-corrected chi connectivity index (χ2v) is 35.7. The molecule has 0 saturated carbocycles. The summed E-state index contributed by atoms with van der Waals surface area (Å²) in [5.74, 6) is 6.39. The number of rotatable bonds is 9. The summed E-state index contributed by atoms with van der Waals surface area (Å²) in [6, 6.07) is 66.8. The molecule has 0 spiro atoms. The Bertz CT molecular complexity index is 7380. The van der Waals surface area contributed by atoms with Gasteiger partial charge in [-0.15, -0.1) is 0 Å². The number of nitrogens with zero attached hydrogens (tertiary/aromatic N) is 18. The highest BCUT2D eigenvalue weighted by molar-refractivity contribution is 6.16. The third-order valence-electron chi connectivity index (χ3n) is 26.6. The van der Waals surface area contributed by atoms with E-state index < -0.39 is 24.1 Å². The number of para-hydroxylation sites is 5. The summed E-state index contributed by atoms with van der Waals surface area (Å²) in [5.41, 5.74) is 21.5. The number of hydrogen-bond acceptors (Lipinski definition) is 23. The van der Waals surface area contributed by atoms with E-state index in [0.29, 0.717) is 0 Å². The van der Waals surface area contributed by atoms with Crippen molar-refractivity contribution in [2.45, 2.75) is 180 Å². The maximum absolute atomic E-state index is 8.68. The van der Waals surface area contributed by atoms with E-state index in [1.54, 1.807) is 49.6 Å². The second-order valence-electron chi connectivity index (χ2n) is 35.7. The molecule has 0 fully saturated rings. The minimum atomic E-state index is -0.839. The van der Waals surface area contributed by atoms with Gasteiger partial charge < -0.3 is 56.4 Å². The molecule has 0 aliphatic carbocycles. The Labute approximate surface area is 778 Å². The van der Waals surface area contributed by atoms with E-state index in [1.165, 1.54) is 0 Å². The molecular formula is C110H108N18O5. The molecule has 10 aromatic carbocycles. The largest absolute Gasteiger partial charge is 0.454 e. The number of aryl methyl sites for hydroxylation is 5. The van der Waals surface area contributed by atoms with Gasteiger partial charge in [0, 0.05) is 135 Å². The quantitative estimate of drug-likeness (QED) is 0.132. The molecule has 5 aliphatic heterocycles. The van der Waals surface area contributed by atoms with Crippen LogP contribution in [0.25, 0.3) is 110 Å². The standard InChI is InChI=1S/2C23H23N3O.2C22H22N4O.C20H18N4O/c2*1-14(2)25-16(4)26(19-9-7-13-24-23(19)25)21-15(3)11-12-18-17-8-5-6-10-20(17)27-22(18)21;2*1-13(2)25-15(4)26(22-21(25)23-11-12-24-22)19-14(3)9-10-17-16-7-5-6-8-18(16)27-20(17)19;1-12-8-9-15-14-6-4-5-7-16(14)25-18(15)17(12)24-13(2)23(3)19-20(24)22-11-10-21-19/h2*5-14,16H,1-4H3;2*5-13,15H,1-4H3;4-11,13H,1-3H3/i2*14D;2*13D;. The lowest BCUT2D eigenvalue weighted by molar-refractivity contribution is 0.598. The van der Waals surface area contributed by atoms with E-state index in [4.69, 9.17) is 27.6 Å². The zero-order valence-corrected chi connectivity index (χ0v) is 78.2. The van der Waals surface area contributed by atoms with Crippen LogP contribution < -0.4 is 49.0 Å². The Morgan fingerprint density at radius 1 is 0.233 bits per heavy atom. The summed E-state index contributed by atoms with van der Waals surface area (Å²) < 4.78 is 66.2. The number of anilines is 15. The van der Waals surface area contributed by atoms with Gasteiger partial charge in [-0.3, -0.25) is 14.7 Å². The lowest BCUT2D eigenvalue weighted by Gasteiger charge is -2.33. The third-order valence-corrected chi connectivity index (χ3v) is 26.6. The SMILES string of the molecule is Cc1ccc2c(oc3ccccc32)c1N1c2nccnc2N(C)C1C.[2H]C(C)(C)N1c2ncccc2N(c2c(C)ccc3c2oc2ccccc23)C1C.[2H]C(C)(C)N1c2ncccc2N(c2c(C)ccc3c2oc2ccccc23)C1C.[2H]C(C)(C)N1c2nccnc2N(c2c(C)ccc3c2oc2ccccc23)C1C.[2H]C(C)(C)N1c2nccnc2N(c2c(C)ccc3c2oc2ccccc23)C1C. The first-order valence-electron chi connectivity index (χ1n) is 47.4. The van der Waals surface area contributed by atoms with E-state index in [1.807, 2.05) is 175 Å². The highest BCUT2D eigenvalue weighted by atomic mass is 16.3. The smallest absolute Gasteiger partial charge is 0.178 e. The van der Waals surface area contributed by atoms with Crippen LogP contribution in [0.1, 0.15) is 123 Å². The first kappa shape index (κ1) is 79.9. The van der Waals surface area contributed by atoms with Gasteiger partial charge in [-0.25, -0.2) is 39.9 Å². The number of hydrogen-bond donors (Lipinski definition) is 0. The number of aromatic nitrogens is 8. The van der Waals surface area contributed by atoms with Crippen molar-refractivity contribution in [3.8, 4) is 0 Å². The molecule has 0 radical (unpaired) electrons. The van der Waals surface area contributed by atoms with Gasteiger partial charge in [0.25, 0.3) is 0 Å². The predicted molar refractivity (Wildman–Crippen MR) is 544 cm³/mol. The normalized spacial score (nSPS) is 17.5. The maximum Gasteiger partial charge on any atom is 0.178 e. The van der Waals surface area contributed by atoms with Crippen LogP contribution in [0.15, 0.2) is 278 Å². The van der Waals surface area contributed by atoms with Crippen molar-refractivity contribution in [3.63, 3.8) is 0 Å². The van der Waals surface area contributed by atoms with Crippen molar-refractivity contribution in [2.75, 3.05) is 56.0 Å². The predicted octanol–water partition coefficient (Wildman–Crippen LogP) is 27.4. The van der Waals surface area contributed by atoms with Crippen LogP contribution in [-0.2, 0) is 0 Å². The fourth-order valence-electron chi connectivity index (χ4n) is 20.7. The Morgan fingerprint density at radius 3 is 0.729 bits per heavy atom. The number of pyridine rings is 2. The first-order valence-corrected chi connectivity index (χ1v) is 45.4. The summed E-state index contributed by atoms with van der Waals surface area (Å²) in [4.78, 5) is 58.0. The van der Waals surface area contributed by atoms with Crippen molar-refractivity contribution in [2.24, 2.45) is 0 Å². The zero-order chi connectivity index (χ0) is 95.6. The summed E-state index contributed by atoms with van der Waals surface area (Å²) in [7, 11) is 2.05. The molecule has 20 aromatic rings. The Hall–Kier alpha value is -15.3. The van der Waals surface area contributed by atoms with E-state index in [2.05, 4.69) is 251 Å². The highest BCUT2D eigenvalue weighted by Gasteiger charge is 2.45. The third kappa shape index (κ3) is 13.6. The van der Waals surface area contributed by atoms with Crippen LogP contribution in [0, 0.1) is 34.6 Å². The number of fused-ring (bicyclic) bond motifs is 20. The molecule has 5 unspecified atom stereocenters. The maximum atomic E-state index is 8.68. The molecule has 10 aromatic heterocycles. The molecule has 0 bridgehead atoms. The Balaban J connectivity index is 0.000000102. The minimum absolute atomic E-state index is 0.0603. The minimum Gasteiger partial charge on any atom is -0.454 e. The molecule has 0 N–H and O–H groups in total. The molecule has 5 aliphatic rings. The van der Waals surface area contributed by atoms with Gasteiger partial charge in [0.15, 0.2) is 74.5 Å². The lowest BCUT2D eigenvalue weighted by Crippen LogP contribution is -2.42. The fraction of sp³-hybridized carbons (Fsp3) is 0.255. The average molecular weight is 1770 g/mol. The highest BCUT2D eigenvalue weighted by Crippen LogP contribution is 2.55. The van der Waals surface area contributed by atoms with Crippen molar-refractivity contribution in [1.29, 1.82) is 0 Å². The summed E-state index contributed by atoms with van der Waals surface area (Å²) in [5, 5.41) is 11.1. The summed E-state index contributed by atoms with van der Waals surface area (Å²) >= 11 is 0. The summed E-state index contributed by atoms with van der Waals surface area (Å²) in [6.07, 6.45) is 13.6. The zero-order valence-electron chi connectivity index (χ0n) is 82.2. The monoisotopic (exact) mass is 1760 g/mol. The molecular weight excluding hydrogens is 1650 g/mol. The van der Waals surface area contributed by atoms with Gasteiger partial charge in [-0.05, 0) is 207 Å². The Kier molecular flexibility index (Phi) is 20.0. The van der Waals surface area contributed by atoms with E-state index in [0.717, 1.165) is 224 Å².